The largest absolute Gasteiger partial charge is 0.463 e. The highest BCUT2D eigenvalue weighted by molar-refractivity contribution is 5.82. The molecule has 0 spiro atoms. The van der Waals surface area contributed by atoms with E-state index in [1.165, 1.54) is 140 Å². The highest BCUT2D eigenvalue weighted by atomic mass is 16.5. The molecule has 2 unspecified atom stereocenters. The van der Waals surface area contributed by atoms with E-state index >= 15 is 0 Å². The van der Waals surface area contributed by atoms with E-state index in [1.54, 1.807) is 6.08 Å². The Bertz CT molecular complexity index is 495. The van der Waals surface area contributed by atoms with E-state index in [4.69, 9.17) is 4.74 Å². The monoisotopic (exact) mass is 476 g/mol. The molecule has 0 radical (unpaired) electrons. The van der Waals surface area contributed by atoms with Gasteiger partial charge in [-0.05, 0) is 50.9 Å². The normalized spacial score (nSPS) is 17.8. The van der Waals surface area contributed by atoms with Crippen molar-refractivity contribution in [1.82, 2.24) is 0 Å². The van der Waals surface area contributed by atoms with Gasteiger partial charge in [-0.25, -0.2) is 4.79 Å². The molecule has 0 N–H and O–H groups in total. The molecule has 0 aromatic rings. The SMILES string of the molecule is CCCCCCCCC/C(=C\C(=O)OCC)CCCCCCCC1CC1CCCCCCCC. The van der Waals surface area contributed by atoms with Crippen LogP contribution in [0.15, 0.2) is 11.6 Å². The molecule has 1 aliphatic rings. The fourth-order valence-electron chi connectivity index (χ4n) is 5.42. The minimum absolute atomic E-state index is 0.139. The van der Waals surface area contributed by atoms with Gasteiger partial charge in [0.1, 0.15) is 0 Å². The van der Waals surface area contributed by atoms with Crippen LogP contribution in [0.5, 0.6) is 0 Å². The van der Waals surface area contributed by atoms with E-state index in [0.29, 0.717) is 6.61 Å². The van der Waals surface area contributed by atoms with Gasteiger partial charge in [0.2, 0.25) is 0 Å². The number of carbonyl (C=O) groups is 1. The van der Waals surface area contributed by atoms with Gasteiger partial charge >= 0.3 is 5.97 Å². The minimum Gasteiger partial charge on any atom is -0.463 e. The van der Waals surface area contributed by atoms with Crippen LogP contribution in [0, 0.1) is 11.8 Å². The standard InChI is InChI=1S/C32H60O2/c1-4-7-9-11-13-15-19-23-29(27-32(33)34-6-3)24-20-16-14-18-22-26-31-28-30(31)25-21-17-12-10-8-5-2/h27,30-31H,4-26,28H2,1-3H3/b29-27+. The summed E-state index contributed by atoms with van der Waals surface area (Å²) >= 11 is 0. The van der Waals surface area contributed by atoms with Crippen molar-refractivity contribution in [2.45, 2.75) is 168 Å². The number of hydrogen-bond donors (Lipinski definition) is 0. The minimum atomic E-state index is -0.139. The predicted octanol–water partition coefficient (Wildman–Crippen LogP) is 10.7. The Balaban J connectivity index is 2.04. The average molecular weight is 477 g/mol. The van der Waals surface area contributed by atoms with E-state index < -0.39 is 0 Å². The van der Waals surface area contributed by atoms with Crippen LogP contribution in [0.1, 0.15) is 168 Å². The maximum atomic E-state index is 12.0. The molecule has 2 nitrogen and oxygen atoms in total. The lowest BCUT2D eigenvalue weighted by molar-refractivity contribution is -0.137. The Morgan fingerprint density at radius 2 is 1.03 bits per heavy atom. The van der Waals surface area contributed by atoms with Crippen LogP contribution in [0.25, 0.3) is 0 Å². The van der Waals surface area contributed by atoms with Crippen LogP contribution in [0.2, 0.25) is 0 Å². The van der Waals surface area contributed by atoms with E-state index in [0.717, 1.165) is 24.7 Å². The summed E-state index contributed by atoms with van der Waals surface area (Å²) in [7, 11) is 0. The van der Waals surface area contributed by atoms with Crippen LogP contribution < -0.4 is 0 Å². The number of allylic oxidation sites excluding steroid dienone is 1. The first kappa shape index (κ1) is 31.2. The maximum absolute atomic E-state index is 12.0. The van der Waals surface area contributed by atoms with Crippen molar-refractivity contribution in [3.8, 4) is 0 Å². The van der Waals surface area contributed by atoms with Gasteiger partial charge in [0, 0.05) is 6.08 Å². The summed E-state index contributed by atoms with van der Waals surface area (Å²) < 4.78 is 5.17. The number of esters is 1. The lowest BCUT2D eigenvalue weighted by Gasteiger charge is -2.08. The molecule has 0 aromatic heterocycles. The topological polar surface area (TPSA) is 26.3 Å². The molecule has 0 saturated heterocycles. The van der Waals surface area contributed by atoms with Gasteiger partial charge in [0.05, 0.1) is 6.61 Å². The number of ether oxygens (including phenoxy) is 1. The fraction of sp³-hybridized carbons (Fsp3) is 0.906. The molecule has 200 valence electrons. The molecule has 0 aromatic carbocycles. The number of carbonyl (C=O) groups excluding carboxylic acids is 1. The molecule has 2 heteroatoms. The summed E-state index contributed by atoms with van der Waals surface area (Å²) in [6.45, 7) is 6.93. The van der Waals surface area contributed by atoms with Crippen LogP contribution in [-0.2, 0) is 9.53 Å². The second-order valence-electron chi connectivity index (χ2n) is 11.0. The second kappa shape index (κ2) is 22.7. The van der Waals surface area contributed by atoms with Crippen LogP contribution in [0.4, 0.5) is 0 Å². The van der Waals surface area contributed by atoms with Crippen molar-refractivity contribution < 1.29 is 9.53 Å². The Hall–Kier alpha value is -0.790. The Labute approximate surface area is 214 Å². The van der Waals surface area contributed by atoms with Crippen molar-refractivity contribution in [2.24, 2.45) is 11.8 Å². The Kier molecular flexibility index (Phi) is 20.8. The van der Waals surface area contributed by atoms with Gasteiger partial charge in [-0.15, -0.1) is 0 Å². The van der Waals surface area contributed by atoms with Crippen molar-refractivity contribution in [1.29, 1.82) is 0 Å². The smallest absolute Gasteiger partial charge is 0.330 e. The number of rotatable bonds is 25. The van der Waals surface area contributed by atoms with Gasteiger partial charge in [0.15, 0.2) is 0 Å². The van der Waals surface area contributed by atoms with Crippen LogP contribution >= 0.6 is 0 Å². The zero-order valence-electron chi connectivity index (χ0n) is 23.5. The number of hydrogen-bond acceptors (Lipinski definition) is 2. The second-order valence-corrected chi connectivity index (χ2v) is 11.0. The van der Waals surface area contributed by atoms with Gasteiger partial charge in [0.25, 0.3) is 0 Å². The van der Waals surface area contributed by atoms with Crippen molar-refractivity contribution in [2.75, 3.05) is 6.61 Å². The maximum Gasteiger partial charge on any atom is 0.330 e. The molecule has 2 atom stereocenters. The zero-order chi connectivity index (χ0) is 24.7. The molecule has 0 bridgehead atoms. The van der Waals surface area contributed by atoms with Crippen molar-refractivity contribution in [3.05, 3.63) is 11.6 Å². The molecule has 0 aliphatic heterocycles. The third-order valence-corrected chi connectivity index (χ3v) is 7.78. The average Bonchev–Trinajstić information content (AvgIpc) is 3.58. The van der Waals surface area contributed by atoms with E-state index in [2.05, 4.69) is 13.8 Å². The molecule has 1 rings (SSSR count). The third kappa shape index (κ3) is 18.5. The van der Waals surface area contributed by atoms with Gasteiger partial charge < -0.3 is 4.74 Å². The predicted molar refractivity (Wildman–Crippen MR) is 149 cm³/mol. The van der Waals surface area contributed by atoms with E-state index in [9.17, 15) is 4.79 Å². The zero-order valence-corrected chi connectivity index (χ0v) is 23.5. The molecular weight excluding hydrogens is 416 g/mol. The molecule has 0 amide bonds. The van der Waals surface area contributed by atoms with E-state index in [1.807, 2.05) is 6.92 Å². The van der Waals surface area contributed by atoms with Gasteiger partial charge in [-0.2, -0.15) is 0 Å². The highest BCUT2D eigenvalue weighted by Gasteiger charge is 2.34. The summed E-state index contributed by atoms with van der Waals surface area (Å²) in [5, 5.41) is 0. The molecule has 1 fully saturated rings. The molecular formula is C32H60O2. The summed E-state index contributed by atoms with van der Waals surface area (Å²) in [4.78, 5) is 12.0. The van der Waals surface area contributed by atoms with Crippen molar-refractivity contribution in [3.63, 3.8) is 0 Å². The first-order valence-corrected chi connectivity index (χ1v) is 15.6. The highest BCUT2D eigenvalue weighted by Crippen LogP contribution is 2.45. The van der Waals surface area contributed by atoms with E-state index in [-0.39, 0.29) is 5.97 Å². The lowest BCUT2D eigenvalue weighted by Crippen LogP contribution is -2.01. The van der Waals surface area contributed by atoms with Crippen LogP contribution in [0.3, 0.4) is 0 Å². The van der Waals surface area contributed by atoms with Crippen LogP contribution in [-0.4, -0.2) is 12.6 Å². The van der Waals surface area contributed by atoms with Crippen molar-refractivity contribution >= 4 is 5.97 Å². The Morgan fingerprint density at radius 1 is 0.618 bits per heavy atom. The molecule has 34 heavy (non-hydrogen) atoms. The first-order chi connectivity index (χ1) is 16.7. The molecule has 1 aliphatic carbocycles. The summed E-state index contributed by atoms with van der Waals surface area (Å²) in [6, 6.07) is 0. The van der Waals surface area contributed by atoms with Gasteiger partial charge in [-0.3, -0.25) is 0 Å². The summed E-state index contributed by atoms with van der Waals surface area (Å²) in [5.74, 6) is 2.01. The molecule has 0 heterocycles. The summed E-state index contributed by atoms with van der Waals surface area (Å²) in [6.07, 6.45) is 33.1. The summed E-state index contributed by atoms with van der Waals surface area (Å²) in [5.41, 5.74) is 1.32. The quantitative estimate of drug-likeness (QED) is 0.0743. The fourth-order valence-corrected chi connectivity index (χ4v) is 5.42. The van der Waals surface area contributed by atoms with Gasteiger partial charge in [-0.1, -0.05) is 135 Å². The Morgan fingerprint density at radius 3 is 1.47 bits per heavy atom. The lowest BCUT2D eigenvalue weighted by atomic mass is 9.98. The number of unbranched alkanes of at least 4 members (excludes halogenated alkanes) is 15. The third-order valence-electron chi connectivity index (χ3n) is 7.78. The molecule has 1 saturated carbocycles. The first-order valence-electron chi connectivity index (χ1n) is 15.6.